The molecular formula is C21H19F2N3O. The van der Waals surface area contributed by atoms with Crippen molar-refractivity contribution in [2.45, 2.75) is 26.8 Å². The summed E-state index contributed by atoms with van der Waals surface area (Å²) in [5, 5.41) is 0.488. The molecule has 6 heteroatoms. The second kappa shape index (κ2) is 6.61. The molecule has 4 rings (SSSR count). The number of hydrogen-bond donors (Lipinski definition) is 1. The number of halogens is 2. The Morgan fingerprint density at radius 1 is 1.15 bits per heavy atom. The number of aromatic amines is 1. The maximum Gasteiger partial charge on any atom is 0.248 e. The van der Waals surface area contributed by atoms with Crippen LogP contribution in [0.15, 0.2) is 47.3 Å². The number of imidazole rings is 1. The highest BCUT2D eigenvalue weighted by molar-refractivity contribution is 5.83. The fourth-order valence-electron chi connectivity index (χ4n) is 3.46. The molecule has 0 unspecified atom stereocenters. The molecule has 0 aliphatic rings. The van der Waals surface area contributed by atoms with Crippen LogP contribution >= 0.6 is 0 Å². The second-order valence-corrected chi connectivity index (χ2v) is 7.14. The van der Waals surface area contributed by atoms with Crippen molar-refractivity contribution in [1.29, 1.82) is 0 Å². The topological polar surface area (TPSA) is 50.7 Å². The number of rotatable bonds is 4. The Balaban J connectivity index is 1.92. The lowest BCUT2D eigenvalue weighted by molar-refractivity contribution is 0.515. The zero-order valence-corrected chi connectivity index (χ0v) is 15.1. The molecule has 0 bridgehead atoms. The van der Waals surface area contributed by atoms with Crippen molar-refractivity contribution in [2.75, 3.05) is 0 Å². The normalized spacial score (nSPS) is 11.7. The van der Waals surface area contributed by atoms with Crippen molar-refractivity contribution < 1.29 is 8.78 Å². The van der Waals surface area contributed by atoms with Crippen molar-refractivity contribution in [3.8, 4) is 0 Å². The van der Waals surface area contributed by atoms with Gasteiger partial charge < -0.3 is 9.55 Å². The Kier molecular flexibility index (Phi) is 4.26. The number of fused-ring (bicyclic) bond motifs is 2. The SMILES string of the molecule is CC(C)Cc1nc2ccccc2n1Cc1cc(=O)[nH]c2c(F)c(F)ccc12. The number of aromatic nitrogens is 3. The van der Waals surface area contributed by atoms with Crippen molar-refractivity contribution >= 4 is 21.9 Å². The van der Waals surface area contributed by atoms with Crippen LogP contribution in [0.1, 0.15) is 25.2 Å². The fraction of sp³-hybridized carbons (Fsp3) is 0.238. The number of H-pyrrole nitrogens is 1. The molecule has 0 aliphatic heterocycles. The van der Waals surface area contributed by atoms with Gasteiger partial charge in [-0.2, -0.15) is 0 Å². The van der Waals surface area contributed by atoms with E-state index in [1.165, 1.54) is 12.1 Å². The summed E-state index contributed by atoms with van der Waals surface area (Å²) in [6.07, 6.45) is 0.777. The third-order valence-corrected chi connectivity index (χ3v) is 4.65. The van der Waals surface area contributed by atoms with Crippen molar-refractivity contribution in [1.82, 2.24) is 14.5 Å². The van der Waals surface area contributed by atoms with Crippen molar-refractivity contribution in [2.24, 2.45) is 5.92 Å². The lowest BCUT2D eigenvalue weighted by atomic mass is 10.1. The molecule has 0 saturated carbocycles. The van der Waals surface area contributed by atoms with Crippen molar-refractivity contribution in [3.63, 3.8) is 0 Å². The van der Waals surface area contributed by atoms with Gasteiger partial charge in [0.1, 0.15) is 5.82 Å². The number of pyridine rings is 1. The molecule has 4 nitrogen and oxygen atoms in total. The summed E-state index contributed by atoms with van der Waals surface area (Å²) in [6.45, 7) is 4.59. The number of benzene rings is 2. The van der Waals surface area contributed by atoms with Gasteiger partial charge in [-0.05, 0) is 35.7 Å². The van der Waals surface area contributed by atoms with E-state index in [4.69, 9.17) is 4.98 Å². The molecule has 2 heterocycles. The summed E-state index contributed by atoms with van der Waals surface area (Å²) in [7, 11) is 0. The third kappa shape index (κ3) is 3.12. The van der Waals surface area contributed by atoms with E-state index >= 15 is 0 Å². The zero-order chi connectivity index (χ0) is 19.1. The highest BCUT2D eigenvalue weighted by atomic mass is 19.2. The molecule has 2 aromatic heterocycles. The molecule has 0 fully saturated rings. The minimum atomic E-state index is -1.04. The Bertz CT molecular complexity index is 1210. The maximum atomic E-state index is 14.2. The second-order valence-electron chi connectivity index (χ2n) is 7.14. The lowest BCUT2D eigenvalue weighted by Gasteiger charge is -2.13. The molecule has 138 valence electrons. The predicted octanol–water partition coefficient (Wildman–Crippen LogP) is 4.40. The number of para-hydroxylation sites is 2. The van der Waals surface area contributed by atoms with Crippen LogP contribution in [0.25, 0.3) is 21.9 Å². The zero-order valence-electron chi connectivity index (χ0n) is 15.1. The highest BCUT2D eigenvalue weighted by Crippen LogP contribution is 2.24. The summed E-state index contributed by atoms with van der Waals surface area (Å²) >= 11 is 0. The molecule has 0 aliphatic carbocycles. The summed E-state index contributed by atoms with van der Waals surface area (Å²) in [6, 6.07) is 11.8. The van der Waals surface area contributed by atoms with E-state index in [0.29, 0.717) is 23.4 Å². The molecule has 4 aromatic rings. The van der Waals surface area contributed by atoms with Gasteiger partial charge in [-0.3, -0.25) is 4.79 Å². The molecule has 1 N–H and O–H groups in total. The average molecular weight is 367 g/mol. The maximum absolute atomic E-state index is 14.2. The van der Waals surface area contributed by atoms with E-state index in [1.807, 2.05) is 28.8 Å². The molecule has 0 spiro atoms. The smallest absolute Gasteiger partial charge is 0.248 e. The van der Waals surface area contributed by atoms with Gasteiger partial charge in [-0.15, -0.1) is 0 Å². The first-order valence-electron chi connectivity index (χ1n) is 8.88. The lowest BCUT2D eigenvalue weighted by Crippen LogP contribution is -2.13. The molecule has 0 saturated heterocycles. The summed E-state index contributed by atoms with van der Waals surface area (Å²) in [5.74, 6) is -0.710. The van der Waals surface area contributed by atoms with Gasteiger partial charge >= 0.3 is 0 Å². The monoisotopic (exact) mass is 367 g/mol. The van der Waals surface area contributed by atoms with Crippen LogP contribution in [-0.4, -0.2) is 14.5 Å². The van der Waals surface area contributed by atoms with E-state index in [2.05, 4.69) is 18.8 Å². The van der Waals surface area contributed by atoms with E-state index < -0.39 is 17.2 Å². The van der Waals surface area contributed by atoms with Crippen LogP contribution < -0.4 is 5.56 Å². The molecule has 0 amide bonds. The molecular weight excluding hydrogens is 348 g/mol. The molecule has 2 aromatic carbocycles. The average Bonchev–Trinajstić information content (AvgIpc) is 2.95. The number of nitrogens with zero attached hydrogens (tertiary/aromatic N) is 2. The van der Waals surface area contributed by atoms with Crippen LogP contribution in [0.3, 0.4) is 0 Å². The van der Waals surface area contributed by atoms with Gasteiger partial charge in [0, 0.05) is 17.9 Å². The third-order valence-electron chi connectivity index (χ3n) is 4.65. The minimum Gasteiger partial charge on any atom is -0.323 e. The summed E-state index contributed by atoms with van der Waals surface area (Å²) in [4.78, 5) is 19.2. The van der Waals surface area contributed by atoms with E-state index in [0.717, 1.165) is 29.3 Å². The number of nitrogens with one attached hydrogen (secondary N) is 1. The van der Waals surface area contributed by atoms with E-state index in [-0.39, 0.29) is 5.52 Å². The molecule has 27 heavy (non-hydrogen) atoms. The summed E-state index contributed by atoms with van der Waals surface area (Å²) in [5.41, 5.74) is 1.88. The molecule has 0 radical (unpaired) electrons. The summed E-state index contributed by atoms with van der Waals surface area (Å²) < 4.78 is 29.8. The van der Waals surface area contributed by atoms with Crippen LogP contribution in [0.5, 0.6) is 0 Å². The molecule has 0 atom stereocenters. The minimum absolute atomic E-state index is 0.104. The Hall–Kier alpha value is -3.02. The van der Waals surface area contributed by atoms with Gasteiger partial charge in [0.25, 0.3) is 0 Å². The van der Waals surface area contributed by atoms with Gasteiger partial charge in [-0.1, -0.05) is 26.0 Å². The first kappa shape index (κ1) is 17.4. The highest BCUT2D eigenvalue weighted by Gasteiger charge is 2.16. The van der Waals surface area contributed by atoms with Crippen LogP contribution in [0.2, 0.25) is 0 Å². The quantitative estimate of drug-likeness (QED) is 0.581. The Labute approximate surface area is 154 Å². The van der Waals surface area contributed by atoms with E-state index in [9.17, 15) is 13.6 Å². The van der Waals surface area contributed by atoms with Gasteiger partial charge in [-0.25, -0.2) is 13.8 Å². The standard InChI is InChI=1S/C21H19F2N3O/c1-12(2)9-18-24-16-5-3-4-6-17(16)26(18)11-13-10-19(27)25-21-14(13)7-8-15(22)20(21)23/h3-8,10,12H,9,11H2,1-2H3,(H,25,27). The van der Waals surface area contributed by atoms with Gasteiger partial charge in [0.05, 0.1) is 23.1 Å². The van der Waals surface area contributed by atoms with Crippen LogP contribution in [0, 0.1) is 17.6 Å². The fourth-order valence-corrected chi connectivity index (χ4v) is 3.46. The largest absolute Gasteiger partial charge is 0.323 e. The van der Waals surface area contributed by atoms with Gasteiger partial charge in [0.15, 0.2) is 11.6 Å². The predicted molar refractivity (Wildman–Crippen MR) is 102 cm³/mol. The van der Waals surface area contributed by atoms with E-state index in [1.54, 1.807) is 0 Å². The first-order chi connectivity index (χ1) is 12.9. The van der Waals surface area contributed by atoms with Gasteiger partial charge in [0.2, 0.25) is 5.56 Å². The Morgan fingerprint density at radius 2 is 1.93 bits per heavy atom. The van der Waals surface area contributed by atoms with Crippen molar-refractivity contribution in [3.05, 3.63) is 75.8 Å². The van der Waals surface area contributed by atoms with Crippen LogP contribution in [0.4, 0.5) is 8.78 Å². The first-order valence-corrected chi connectivity index (χ1v) is 8.88. The number of hydrogen-bond acceptors (Lipinski definition) is 2. The Morgan fingerprint density at radius 3 is 2.70 bits per heavy atom. The van der Waals surface area contributed by atoms with Crippen LogP contribution in [-0.2, 0) is 13.0 Å².